The van der Waals surface area contributed by atoms with E-state index in [1.165, 1.54) is 78.9 Å². The zero-order valence-corrected chi connectivity index (χ0v) is 39.1. The van der Waals surface area contributed by atoms with E-state index in [1.54, 1.807) is 6.07 Å². The number of anilines is 4. The van der Waals surface area contributed by atoms with Gasteiger partial charge in [0, 0.05) is 38.4 Å². The number of rotatable bonds is 8. The van der Waals surface area contributed by atoms with E-state index in [2.05, 4.69) is 54.9 Å². The molecule has 71 heavy (non-hydrogen) atoms. The van der Waals surface area contributed by atoms with Gasteiger partial charge in [-0.3, -0.25) is 13.8 Å². The molecule has 0 atom stereocenters. The van der Waals surface area contributed by atoms with Crippen LogP contribution in [0.25, 0.3) is 89.7 Å². The maximum atomic E-state index is 14.7. The van der Waals surface area contributed by atoms with Gasteiger partial charge >= 0.3 is 0 Å². The summed E-state index contributed by atoms with van der Waals surface area (Å²) in [6, 6.07) is 21.8. The van der Waals surface area contributed by atoms with E-state index in [0.29, 0.717) is 5.69 Å². The molecular formula is C41H26ClN15O10S4. The highest BCUT2D eigenvalue weighted by Crippen LogP contribution is 2.42. The van der Waals surface area contributed by atoms with Gasteiger partial charge in [-0.15, -0.1) is 0 Å². The predicted molar refractivity (Wildman–Crippen MR) is 257 cm³/mol. The van der Waals surface area contributed by atoms with Crippen molar-refractivity contribution in [3.63, 3.8) is 0 Å². The Labute approximate surface area is 403 Å². The molecule has 25 nitrogen and oxygen atoms in total. The standard InChI is InChI=1S/C41H26ClN15O10S4/c42-39-54-40(43)56-41(55-39)45-17-6-1-7-18(16-17)57-69(60,61)24-13-3-9-20-28(24)36-48-31-19-8-2-12-23(68(44,58)59)27(19)35(46-31)47-33-21-10-4-14-25(70(62,63)64)29(21)38(51-33)53-34-22-11-5-15-26(71(65,66)67)30(22)37(52-34)50-32(20)49-36/h1-16,57H,(H2,44,58,59)(H,62,63,64)(H,65,66,67)(H3,43,45,54,55,56)(H2,46,47,48,49,50,51,52,53). The molecule has 30 heteroatoms. The molecule has 0 amide bonds. The molecule has 4 aromatic heterocycles. The fourth-order valence-electron chi connectivity index (χ4n) is 8.17. The van der Waals surface area contributed by atoms with E-state index < -0.39 is 55.0 Å². The van der Waals surface area contributed by atoms with E-state index in [9.17, 15) is 42.8 Å². The lowest BCUT2D eigenvalue weighted by atomic mass is 10.1. The Morgan fingerprint density at radius 2 is 0.986 bits per heavy atom. The van der Waals surface area contributed by atoms with Crippen molar-refractivity contribution < 1.29 is 42.8 Å². The second kappa shape index (κ2) is 15.9. The summed E-state index contributed by atoms with van der Waals surface area (Å²) in [5, 5.41) is 8.19. The summed E-state index contributed by atoms with van der Waals surface area (Å²) in [7, 11) is -19.2. The molecule has 11 rings (SSSR count). The summed E-state index contributed by atoms with van der Waals surface area (Å²) in [6.07, 6.45) is 0. The number of nitrogens with one attached hydrogen (secondary N) is 4. The molecule has 0 aliphatic carbocycles. The number of benzene rings is 5. The first kappa shape index (κ1) is 45.3. The fourth-order valence-corrected chi connectivity index (χ4v) is 11.8. The van der Waals surface area contributed by atoms with Crippen molar-refractivity contribution in [3.8, 4) is 45.6 Å². The van der Waals surface area contributed by atoms with E-state index in [-0.39, 0.29) is 117 Å². The Morgan fingerprint density at radius 3 is 1.55 bits per heavy atom. The van der Waals surface area contributed by atoms with Crippen LogP contribution in [0.15, 0.2) is 117 Å². The number of H-pyrrole nitrogens is 2. The Kier molecular flexibility index (Phi) is 10.2. The number of hydrogen-bond donors (Lipinski definition) is 8. The molecule has 0 spiro atoms. The van der Waals surface area contributed by atoms with E-state index in [0.717, 1.165) is 12.1 Å². The van der Waals surface area contributed by atoms with Gasteiger partial charge in [-0.2, -0.15) is 31.8 Å². The largest absolute Gasteiger partial charge is 0.368 e. The Morgan fingerprint density at radius 1 is 0.507 bits per heavy atom. The monoisotopic (exact) mass is 1050 g/mol. The van der Waals surface area contributed by atoms with Crippen molar-refractivity contribution in [2.75, 3.05) is 15.8 Å². The van der Waals surface area contributed by atoms with Crippen molar-refractivity contribution in [3.05, 3.63) is 102 Å². The number of nitrogens with zero attached hydrogens (tertiary/aromatic N) is 9. The number of nitrogens with two attached hydrogens (primary N) is 2. The second-order valence-corrected chi connectivity index (χ2v) is 21.7. The van der Waals surface area contributed by atoms with Gasteiger partial charge in [0.05, 0.1) is 26.6 Å². The number of fused-ring (bicyclic) bond motifs is 20. The maximum absolute atomic E-state index is 14.7. The molecule has 356 valence electrons. The Hall–Kier alpha value is -8.16. The van der Waals surface area contributed by atoms with E-state index in [4.69, 9.17) is 32.4 Å². The second-order valence-electron chi connectivity index (χ2n) is 15.4. The number of primary sulfonamides is 1. The number of hydrogen-bond acceptors (Lipinski definition) is 19. The molecule has 0 saturated carbocycles. The van der Waals surface area contributed by atoms with Crippen LogP contribution in [0, 0.1) is 0 Å². The van der Waals surface area contributed by atoms with Crippen LogP contribution in [0.4, 0.5) is 23.3 Å². The maximum Gasteiger partial charge on any atom is 0.295 e. The van der Waals surface area contributed by atoms with Crippen LogP contribution in [0.3, 0.4) is 0 Å². The smallest absolute Gasteiger partial charge is 0.295 e. The molecule has 5 aromatic carbocycles. The number of aromatic amines is 2. The van der Waals surface area contributed by atoms with Gasteiger partial charge in [0.2, 0.25) is 27.2 Å². The third-order valence-corrected chi connectivity index (χ3v) is 15.3. The molecule has 0 radical (unpaired) electrons. The molecule has 8 bridgehead atoms. The molecule has 0 fully saturated rings. The van der Waals surface area contributed by atoms with Crippen LogP contribution >= 0.6 is 11.6 Å². The topological polar surface area (TPSA) is 401 Å². The third kappa shape index (κ3) is 7.96. The van der Waals surface area contributed by atoms with Crippen LogP contribution in [-0.2, 0) is 40.3 Å². The summed E-state index contributed by atoms with van der Waals surface area (Å²) in [5.41, 5.74) is 4.88. The summed E-state index contributed by atoms with van der Waals surface area (Å²) in [5.74, 6) is -1.39. The third-order valence-electron chi connectivity index (χ3n) is 10.9. The number of nitrogen functional groups attached to an aromatic ring is 1. The van der Waals surface area contributed by atoms with Crippen molar-refractivity contribution in [1.82, 2.24) is 54.8 Å². The lowest BCUT2D eigenvalue weighted by Crippen LogP contribution is -2.13. The van der Waals surface area contributed by atoms with Crippen molar-refractivity contribution in [2.45, 2.75) is 19.6 Å². The highest BCUT2D eigenvalue weighted by Gasteiger charge is 2.31. The van der Waals surface area contributed by atoms with Crippen LogP contribution in [0.2, 0.25) is 5.28 Å². The molecule has 0 saturated heterocycles. The summed E-state index contributed by atoms with van der Waals surface area (Å²) >= 11 is 5.94. The van der Waals surface area contributed by atoms with Crippen LogP contribution < -0.4 is 20.9 Å². The average molecular weight is 1050 g/mol. The molecule has 9 aromatic rings. The van der Waals surface area contributed by atoms with E-state index >= 15 is 0 Å². The minimum absolute atomic E-state index is 0.0216. The van der Waals surface area contributed by atoms with Crippen molar-refractivity contribution in [1.29, 1.82) is 0 Å². The van der Waals surface area contributed by atoms with Crippen molar-refractivity contribution in [2.24, 2.45) is 5.14 Å². The van der Waals surface area contributed by atoms with Gasteiger partial charge < -0.3 is 21.0 Å². The zero-order valence-electron chi connectivity index (χ0n) is 35.1. The van der Waals surface area contributed by atoms with Gasteiger partial charge in [0.25, 0.3) is 30.3 Å². The van der Waals surface area contributed by atoms with Gasteiger partial charge in [-0.1, -0.05) is 54.6 Å². The summed E-state index contributed by atoms with van der Waals surface area (Å²) in [4.78, 5) is 43.4. The number of aromatic nitrogens is 11. The van der Waals surface area contributed by atoms with Gasteiger partial charge in [-0.25, -0.2) is 51.9 Å². The minimum atomic E-state index is -5.02. The molecular weight excluding hydrogens is 1030 g/mol. The summed E-state index contributed by atoms with van der Waals surface area (Å²) in [6.45, 7) is 0. The molecule has 10 N–H and O–H groups in total. The highest BCUT2D eigenvalue weighted by molar-refractivity contribution is 7.93. The molecule has 2 aliphatic rings. The molecule has 2 aliphatic heterocycles. The molecule has 0 unspecified atom stereocenters. The first-order chi connectivity index (χ1) is 33.6. The minimum Gasteiger partial charge on any atom is -0.368 e. The first-order valence-corrected chi connectivity index (χ1v) is 26.3. The quantitative estimate of drug-likeness (QED) is 0.0930. The highest BCUT2D eigenvalue weighted by atomic mass is 35.5. The Balaban J connectivity index is 1.24. The SMILES string of the molecule is Nc1nc(Cl)nc(Nc2cccc(NS(=O)(=O)c3cccc4c5nc6nc(nc7[nH]c(nc8nc(nc([nH]5)c34)-c3cccc(S(N)(=O)=O)c3-8)c3cccc(S(=O)(=O)O)c73)-c3cccc(S(=O)(=O)O)c3-6)c2)n1. The van der Waals surface area contributed by atoms with Gasteiger partial charge in [-0.05, 0) is 54.1 Å². The van der Waals surface area contributed by atoms with Crippen LogP contribution in [0.5, 0.6) is 0 Å². The lowest BCUT2D eigenvalue weighted by Gasteiger charge is -2.11. The van der Waals surface area contributed by atoms with Gasteiger partial charge in [0.1, 0.15) is 32.4 Å². The van der Waals surface area contributed by atoms with E-state index in [1.807, 2.05) is 0 Å². The van der Waals surface area contributed by atoms with Gasteiger partial charge in [0.15, 0.2) is 23.3 Å². The van der Waals surface area contributed by atoms with Crippen LogP contribution in [0.1, 0.15) is 0 Å². The fraction of sp³-hybridized carbons (Fsp3) is 0. The van der Waals surface area contributed by atoms with Crippen LogP contribution in [-0.4, -0.2) is 97.6 Å². The van der Waals surface area contributed by atoms with Crippen molar-refractivity contribution >= 4 is 119 Å². The Bertz CT molecular complexity index is 4460. The predicted octanol–water partition coefficient (Wildman–Crippen LogP) is 4.98. The molecule has 6 heterocycles. The average Bonchev–Trinajstić information content (AvgIpc) is 4.03. The first-order valence-electron chi connectivity index (χ1n) is 20.0. The lowest BCUT2D eigenvalue weighted by molar-refractivity contribution is 0.481. The number of halogens is 1. The normalized spacial score (nSPS) is 12.7. The summed E-state index contributed by atoms with van der Waals surface area (Å²) < 4.78 is 131. The zero-order chi connectivity index (χ0) is 49.9. The number of sulfonamides is 2.